The standard InChI is InChI=1S/C9H18N2S/c10-7-8-3-5-11(6-4-8)12-9-1-2-9/h8-9H,1-7,10H2. The summed E-state index contributed by atoms with van der Waals surface area (Å²) in [6, 6.07) is 0. The highest BCUT2D eigenvalue weighted by molar-refractivity contribution is 7.97. The van der Waals surface area contributed by atoms with E-state index in [-0.39, 0.29) is 0 Å². The predicted octanol–water partition coefficient (Wildman–Crippen LogP) is 1.47. The van der Waals surface area contributed by atoms with Gasteiger partial charge in [-0.15, -0.1) is 0 Å². The highest BCUT2D eigenvalue weighted by Gasteiger charge is 2.27. The quantitative estimate of drug-likeness (QED) is 0.677. The van der Waals surface area contributed by atoms with Gasteiger partial charge >= 0.3 is 0 Å². The van der Waals surface area contributed by atoms with Gasteiger partial charge < -0.3 is 5.73 Å². The van der Waals surface area contributed by atoms with Gasteiger partial charge in [0.1, 0.15) is 0 Å². The zero-order valence-corrected chi connectivity index (χ0v) is 8.35. The summed E-state index contributed by atoms with van der Waals surface area (Å²) in [5.74, 6) is 0.807. The van der Waals surface area contributed by atoms with Crippen LogP contribution in [0.4, 0.5) is 0 Å². The summed E-state index contributed by atoms with van der Waals surface area (Å²) >= 11 is 2.09. The van der Waals surface area contributed by atoms with Crippen LogP contribution in [0, 0.1) is 5.92 Å². The molecule has 2 nitrogen and oxygen atoms in total. The van der Waals surface area contributed by atoms with Crippen LogP contribution in [-0.2, 0) is 0 Å². The van der Waals surface area contributed by atoms with E-state index in [4.69, 9.17) is 5.73 Å². The molecule has 1 heterocycles. The van der Waals surface area contributed by atoms with Crippen molar-refractivity contribution < 1.29 is 0 Å². The van der Waals surface area contributed by atoms with Crippen LogP contribution in [0.25, 0.3) is 0 Å². The Hall–Kier alpha value is 0.270. The van der Waals surface area contributed by atoms with Crippen LogP contribution >= 0.6 is 11.9 Å². The van der Waals surface area contributed by atoms with Crippen molar-refractivity contribution in [3.63, 3.8) is 0 Å². The zero-order valence-electron chi connectivity index (χ0n) is 7.54. The molecule has 1 aliphatic carbocycles. The van der Waals surface area contributed by atoms with Gasteiger partial charge in [-0.25, -0.2) is 0 Å². The van der Waals surface area contributed by atoms with E-state index < -0.39 is 0 Å². The number of rotatable bonds is 3. The van der Waals surface area contributed by atoms with Gasteiger partial charge in [-0.05, 0) is 38.1 Å². The number of hydrogen-bond donors (Lipinski definition) is 1. The van der Waals surface area contributed by atoms with Crippen LogP contribution in [-0.4, -0.2) is 29.2 Å². The molecule has 2 aliphatic rings. The highest BCUT2D eigenvalue weighted by atomic mass is 32.2. The number of nitrogens with two attached hydrogens (primary N) is 1. The SMILES string of the molecule is NCC1CCN(SC2CC2)CC1. The average Bonchev–Trinajstić information content (AvgIpc) is 2.90. The Morgan fingerprint density at radius 1 is 1.17 bits per heavy atom. The molecular weight excluding hydrogens is 168 g/mol. The van der Waals surface area contributed by atoms with Gasteiger partial charge in [-0.2, -0.15) is 0 Å². The van der Waals surface area contributed by atoms with Crippen molar-refractivity contribution in [2.24, 2.45) is 11.7 Å². The van der Waals surface area contributed by atoms with Gasteiger partial charge in [-0.3, -0.25) is 4.31 Å². The van der Waals surface area contributed by atoms with Gasteiger partial charge in [0.15, 0.2) is 0 Å². The summed E-state index contributed by atoms with van der Waals surface area (Å²) in [6.07, 6.45) is 5.52. The molecule has 0 atom stereocenters. The maximum Gasteiger partial charge on any atom is 0.0196 e. The number of hydrogen-bond acceptors (Lipinski definition) is 3. The van der Waals surface area contributed by atoms with Crippen LogP contribution in [0.15, 0.2) is 0 Å². The van der Waals surface area contributed by atoms with Crippen molar-refractivity contribution in [1.82, 2.24) is 4.31 Å². The lowest BCUT2D eigenvalue weighted by Crippen LogP contribution is -2.32. The van der Waals surface area contributed by atoms with Gasteiger partial charge in [0.2, 0.25) is 0 Å². The second kappa shape index (κ2) is 3.99. The molecule has 1 saturated heterocycles. The van der Waals surface area contributed by atoms with Crippen LogP contribution in [0.3, 0.4) is 0 Å². The summed E-state index contributed by atoms with van der Waals surface area (Å²) in [7, 11) is 0. The van der Waals surface area contributed by atoms with E-state index in [1.165, 1.54) is 38.8 Å². The molecule has 2 N–H and O–H groups in total. The Labute approximate surface area is 79.0 Å². The summed E-state index contributed by atoms with van der Waals surface area (Å²) < 4.78 is 2.55. The largest absolute Gasteiger partial charge is 0.330 e. The van der Waals surface area contributed by atoms with Gasteiger partial charge in [0, 0.05) is 18.3 Å². The molecule has 0 amide bonds. The molecule has 0 bridgehead atoms. The average molecular weight is 186 g/mol. The zero-order chi connectivity index (χ0) is 8.39. The third-order valence-electron chi connectivity index (χ3n) is 2.73. The molecule has 1 aliphatic heterocycles. The van der Waals surface area contributed by atoms with E-state index in [0.717, 1.165) is 17.7 Å². The summed E-state index contributed by atoms with van der Waals surface area (Å²) in [6.45, 7) is 3.42. The summed E-state index contributed by atoms with van der Waals surface area (Å²) in [4.78, 5) is 0. The summed E-state index contributed by atoms with van der Waals surface area (Å²) in [5, 5.41) is 0.972. The highest BCUT2D eigenvalue weighted by Crippen LogP contribution is 2.37. The molecule has 0 radical (unpaired) electrons. The second-order valence-corrected chi connectivity index (χ2v) is 5.31. The van der Waals surface area contributed by atoms with Crippen molar-refractivity contribution in [3.05, 3.63) is 0 Å². The fraction of sp³-hybridized carbons (Fsp3) is 1.00. The minimum absolute atomic E-state index is 0.807. The molecule has 0 aromatic heterocycles. The topological polar surface area (TPSA) is 29.3 Å². The molecule has 2 fully saturated rings. The Bertz CT molecular complexity index is 139. The van der Waals surface area contributed by atoms with Gasteiger partial charge in [-0.1, -0.05) is 11.9 Å². The number of piperidine rings is 1. The minimum Gasteiger partial charge on any atom is -0.330 e. The van der Waals surface area contributed by atoms with E-state index >= 15 is 0 Å². The van der Waals surface area contributed by atoms with Gasteiger partial charge in [0.25, 0.3) is 0 Å². The first-order valence-corrected chi connectivity index (χ1v) is 5.84. The fourth-order valence-electron chi connectivity index (χ4n) is 1.63. The maximum atomic E-state index is 5.64. The lowest BCUT2D eigenvalue weighted by atomic mass is 9.99. The van der Waals surface area contributed by atoms with Crippen molar-refractivity contribution in [2.45, 2.75) is 30.9 Å². The van der Waals surface area contributed by atoms with Gasteiger partial charge in [0.05, 0.1) is 0 Å². The van der Waals surface area contributed by atoms with Crippen molar-refractivity contribution in [1.29, 1.82) is 0 Å². The molecule has 12 heavy (non-hydrogen) atoms. The van der Waals surface area contributed by atoms with Crippen molar-refractivity contribution in [2.75, 3.05) is 19.6 Å². The Kier molecular flexibility index (Phi) is 2.94. The Morgan fingerprint density at radius 2 is 1.83 bits per heavy atom. The smallest absolute Gasteiger partial charge is 0.0196 e. The normalized spacial score (nSPS) is 27.8. The third kappa shape index (κ3) is 2.38. The van der Waals surface area contributed by atoms with Crippen molar-refractivity contribution in [3.8, 4) is 0 Å². The Morgan fingerprint density at radius 3 is 2.33 bits per heavy atom. The lowest BCUT2D eigenvalue weighted by molar-refractivity contribution is 0.297. The fourth-order valence-corrected chi connectivity index (χ4v) is 2.82. The van der Waals surface area contributed by atoms with E-state index in [9.17, 15) is 0 Å². The van der Waals surface area contributed by atoms with Crippen LogP contribution < -0.4 is 5.73 Å². The van der Waals surface area contributed by atoms with Crippen LogP contribution in [0.2, 0.25) is 0 Å². The number of nitrogens with zero attached hydrogens (tertiary/aromatic N) is 1. The first kappa shape index (κ1) is 8.85. The van der Waals surface area contributed by atoms with Crippen LogP contribution in [0.5, 0.6) is 0 Å². The van der Waals surface area contributed by atoms with Crippen molar-refractivity contribution >= 4 is 11.9 Å². The molecule has 0 unspecified atom stereocenters. The predicted molar refractivity (Wildman–Crippen MR) is 54.0 cm³/mol. The summed E-state index contributed by atoms with van der Waals surface area (Å²) in [5.41, 5.74) is 5.64. The third-order valence-corrected chi connectivity index (χ3v) is 4.16. The van der Waals surface area contributed by atoms with E-state index in [2.05, 4.69) is 16.3 Å². The van der Waals surface area contributed by atoms with Crippen LogP contribution in [0.1, 0.15) is 25.7 Å². The maximum absolute atomic E-state index is 5.64. The minimum atomic E-state index is 0.807. The first-order chi connectivity index (χ1) is 5.88. The second-order valence-electron chi connectivity index (χ2n) is 3.91. The van der Waals surface area contributed by atoms with E-state index in [0.29, 0.717) is 0 Å². The molecule has 0 aromatic carbocycles. The molecular formula is C9H18N2S. The lowest BCUT2D eigenvalue weighted by Gasteiger charge is -2.30. The van der Waals surface area contributed by atoms with E-state index in [1.807, 2.05) is 0 Å². The monoisotopic (exact) mass is 186 g/mol. The van der Waals surface area contributed by atoms with E-state index in [1.54, 1.807) is 0 Å². The molecule has 3 heteroatoms. The molecule has 0 aromatic rings. The Balaban J connectivity index is 1.66. The molecule has 2 rings (SSSR count). The molecule has 0 spiro atoms. The first-order valence-electron chi connectivity index (χ1n) is 5.00. The molecule has 70 valence electrons. The molecule has 1 saturated carbocycles.